The van der Waals surface area contributed by atoms with Crippen molar-refractivity contribution in [2.24, 2.45) is 11.8 Å². The van der Waals surface area contributed by atoms with Gasteiger partial charge in [-0.2, -0.15) is 0 Å². The molecule has 2 rings (SSSR count). The lowest BCUT2D eigenvalue weighted by Gasteiger charge is -2.31. The number of carboxylic acids is 1. The number of hydrogen-bond acceptors (Lipinski definition) is 3. The van der Waals surface area contributed by atoms with Crippen LogP contribution >= 0.6 is 0 Å². The summed E-state index contributed by atoms with van der Waals surface area (Å²) in [4.78, 5) is 10.8. The van der Waals surface area contributed by atoms with Crippen molar-refractivity contribution in [1.29, 1.82) is 0 Å². The quantitative estimate of drug-likeness (QED) is 0.485. The number of hydrogen-bond donors (Lipinski definition) is 3. The zero-order chi connectivity index (χ0) is 8.55. The van der Waals surface area contributed by atoms with E-state index >= 15 is 0 Å². The Bertz CT molecular complexity index is 195. The third kappa shape index (κ3) is 1.21. The van der Waals surface area contributed by atoms with E-state index in [0.717, 1.165) is 19.5 Å². The number of nitrogens with one attached hydrogen (secondary N) is 2. The van der Waals surface area contributed by atoms with Gasteiger partial charge in [0.05, 0.1) is 5.92 Å². The van der Waals surface area contributed by atoms with Crippen molar-refractivity contribution in [2.45, 2.75) is 12.5 Å². The molecule has 0 aliphatic carbocycles. The summed E-state index contributed by atoms with van der Waals surface area (Å²) in [7, 11) is 0. The molecule has 4 heteroatoms. The maximum atomic E-state index is 10.8. The zero-order valence-corrected chi connectivity index (χ0v) is 6.92. The molecule has 0 spiro atoms. The van der Waals surface area contributed by atoms with Crippen LogP contribution < -0.4 is 10.6 Å². The largest absolute Gasteiger partial charge is 0.481 e. The number of carbonyl (C=O) groups is 1. The van der Waals surface area contributed by atoms with Gasteiger partial charge in [0, 0.05) is 19.1 Å². The summed E-state index contributed by atoms with van der Waals surface area (Å²) >= 11 is 0. The summed E-state index contributed by atoms with van der Waals surface area (Å²) in [6.07, 6.45) is 1.02. The molecular formula is C8H14N2O2. The molecule has 3 N–H and O–H groups in total. The highest BCUT2D eigenvalue weighted by Crippen LogP contribution is 2.26. The molecule has 2 aliphatic rings. The molecule has 0 amide bonds. The van der Waals surface area contributed by atoms with Gasteiger partial charge < -0.3 is 15.7 Å². The summed E-state index contributed by atoms with van der Waals surface area (Å²) in [5, 5.41) is 15.4. The molecule has 2 fully saturated rings. The summed E-state index contributed by atoms with van der Waals surface area (Å²) in [6, 6.07) is 0.389. The Balaban J connectivity index is 2.08. The maximum absolute atomic E-state index is 10.8. The van der Waals surface area contributed by atoms with E-state index < -0.39 is 5.97 Å². The zero-order valence-electron chi connectivity index (χ0n) is 6.92. The third-order valence-corrected chi connectivity index (χ3v) is 2.96. The lowest BCUT2D eigenvalue weighted by atomic mass is 9.83. The van der Waals surface area contributed by atoms with Crippen LogP contribution in [0.15, 0.2) is 0 Å². The van der Waals surface area contributed by atoms with Crippen molar-refractivity contribution < 1.29 is 9.90 Å². The molecule has 2 saturated heterocycles. The molecule has 0 aromatic heterocycles. The molecule has 2 heterocycles. The van der Waals surface area contributed by atoms with E-state index in [4.69, 9.17) is 5.11 Å². The second-order valence-electron chi connectivity index (χ2n) is 3.62. The smallest absolute Gasteiger partial charge is 0.308 e. The van der Waals surface area contributed by atoms with Gasteiger partial charge >= 0.3 is 5.97 Å². The molecule has 0 radical (unpaired) electrons. The first-order valence-corrected chi connectivity index (χ1v) is 4.46. The van der Waals surface area contributed by atoms with Gasteiger partial charge in [-0.1, -0.05) is 0 Å². The molecule has 2 aliphatic heterocycles. The Morgan fingerprint density at radius 3 is 3.00 bits per heavy atom. The van der Waals surface area contributed by atoms with Crippen LogP contribution in [0, 0.1) is 11.8 Å². The van der Waals surface area contributed by atoms with E-state index in [1.807, 2.05) is 0 Å². The first kappa shape index (κ1) is 8.01. The van der Waals surface area contributed by atoms with E-state index in [-0.39, 0.29) is 5.92 Å². The number of piperidine rings is 1. The fourth-order valence-electron chi connectivity index (χ4n) is 2.31. The molecule has 68 valence electrons. The Labute approximate surface area is 71.3 Å². The normalized spacial score (nSPS) is 40.8. The Kier molecular flexibility index (Phi) is 2.02. The molecule has 3 unspecified atom stereocenters. The first-order chi connectivity index (χ1) is 5.79. The SMILES string of the molecule is O=C(O)C1CNCC2NCCC21. The fourth-order valence-corrected chi connectivity index (χ4v) is 2.31. The molecule has 0 bridgehead atoms. The van der Waals surface area contributed by atoms with Crippen molar-refractivity contribution in [3.63, 3.8) is 0 Å². The van der Waals surface area contributed by atoms with Crippen LogP contribution in [0.25, 0.3) is 0 Å². The molecule has 3 atom stereocenters. The monoisotopic (exact) mass is 170 g/mol. The van der Waals surface area contributed by atoms with Crippen LogP contribution in [-0.2, 0) is 4.79 Å². The minimum atomic E-state index is -0.652. The van der Waals surface area contributed by atoms with Crippen molar-refractivity contribution in [2.75, 3.05) is 19.6 Å². The van der Waals surface area contributed by atoms with Gasteiger partial charge in [-0.25, -0.2) is 0 Å². The number of aliphatic carboxylic acids is 1. The van der Waals surface area contributed by atoms with E-state index in [2.05, 4.69) is 10.6 Å². The fraction of sp³-hybridized carbons (Fsp3) is 0.875. The standard InChI is InChI=1S/C8H14N2O2/c11-8(12)6-3-9-4-7-5(6)1-2-10-7/h5-7,9-10H,1-4H2,(H,11,12). The summed E-state index contributed by atoms with van der Waals surface area (Å²) in [5.74, 6) is -0.483. The van der Waals surface area contributed by atoms with Crippen molar-refractivity contribution >= 4 is 5.97 Å². The molecule has 4 nitrogen and oxygen atoms in total. The van der Waals surface area contributed by atoms with Crippen LogP contribution in [0.2, 0.25) is 0 Å². The van der Waals surface area contributed by atoms with Crippen molar-refractivity contribution in [3.05, 3.63) is 0 Å². The highest BCUT2D eigenvalue weighted by Gasteiger charge is 2.39. The average molecular weight is 170 g/mol. The van der Waals surface area contributed by atoms with E-state index in [1.54, 1.807) is 0 Å². The van der Waals surface area contributed by atoms with E-state index in [9.17, 15) is 4.79 Å². The van der Waals surface area contributed by atoms with E-state index in [0.29, 0.717) is 18.5 Å². The summed E-state index contributed by atoms with van der Waals surface area (Å²) in [5.41, 5.74) is 0. The number of carboxylic acid groups (broad SMARTS) is 1. The van der Waals surface area contributed by atoms with Crippen LogP contribution in [0.3, 0.4) is 0 Å². The Morgan fingerprint density at radius 1 is 1.42 bits per heavy atom. The van der Waals surface area contributed by atoms with Gasteiger partial charge in [0.25, 0.3) is 0 Å². The van der Waals surface area contributed by atoms with Gasteiger partial charge in [0.2, 0.25) is 0 Å². The maximum Gasteiger partial charge on any atom is 0.308 e. The molecule has 12 heavy (non-hydrogen) atoms. The van der Waals surface area contributed by atoms with Crippen molar-refractivity contribution in [3.8, 4) is 0 Å². The van der Waals surface area contributed by atoms with E-state index in [1.165, 1.54) is 0 Å². The van der Waals surface area contributed by atoms with Gasteiger partial charge in [0.15, 0.2) is 0 Å². The van der Waals surface area contributed by atoms with Gasteiger partial charge in [-0.15, -0.1) is 0 Å². The third-order valence-electron chi connectivity index (χ3n) is 2.96. The lowest BCUT2D eigenvalue weighted by Crippen LogP contribution is -2.50. The van der Waals surface area contributed by atoms with Crippen LogP contribution in [-0.4, -0.2) is 36.8 Å². The second kappa shape index (κ2) is 3.03. The summed E-state index contributed by atoms with van der Waals surface area (Å²) < 4.78 is 0. The summed E-state index contributed by atoms with van der Waals surface area (Å²) in [6.45, 7) is 2.54. The molecular weight excluding hydrogens is 156 g/mol. The highest BCUT2D eigenvalue weighted by molar-refractivity contribution is 5.71. The Morgan fingerprint density at radius 2 is 2.25 bits per heavy atom. The van der Waals surface area contributed by atoms with Crippen LogP contribution in [0.4, 0.5) is 0 Å². The first-order valence-electron chi connectivity index (χ1n) is 4.46. The molecule has 0 saturated carbocycles. The second-order valence-corrected chi connectivity index (χ2v) is 3.62. The minimum absolute atomic E-state index is 0.182. The van der Waals surface area contributed by atoms with Gasteiger partial charge in [-0.3, -0.25) is 4.79 Å². The van der Waals surface area contributed by atoms with Crippen LogP contribution in [0.5, 0.6) is 0 Å². The topological polar surface area (TPSA) is 61.4 Å². The number of rotatable bonds is 1. The lowest BCUT2D eigenvalue weighted by molar-refractivity contribution is -0.144. The van der Waals surface area contributed by atoms with Gasteiger partial charge in [-0.05, 0) is 18.9 Å². The average Bonchev–Trinajstić information content (AvgIpc) is 2.49. The minimum Gasteiger partial charge on any atom is -0.481 e. The molecule has 0 aromatic rings. The van der Waals surface area contributed by atoms with Gasteiger partial charge in [0.1, 0.15) is 0 Å². The van der Waals surface area contributed by atoms with Crippen LogP contribution in [0.1, 0.15) is 6.42 Å². The predicted molar refractivity (Wildman–Crippen MR) is 43.9 cm³/mol. The molecule has 0 aromatic carbocycles. The highest BCUT2D eigenvalue weighted by atomic mass is 16.4. The predicted octanol–water partition coefficient (Wildman–Crippen LogP) is -0.731. The van der Waals surface area contributed by atoms with Crippen molar-refractivity contribution in [1.82, 2.24) is 10.6 Å². The number of fused-ring (bicyclic) bond motifs is 1. The Hall–Kier alpha value is -0.610.